The van der Waals surface area contributed by atoms with Crippen LogP contribution in [0.15, 0.2) is 35.4 Å². The molecule has 1 aromatic carbocycles. The minimum absolute atomic E-state index is 0.239. The number of nitrogens with zero attached hydrogens (tertiary/aromatic N) is 3. The Bertz CT molecular complexity index is 855. The summed E-state index contributed by atoms with van der Waals surface area (Å²) in [4.78, 5) is 6.54. The highest BCUT2D eigenvalue weighted by Crippen LogP contribution is 2.37. The first kappa shape index (κ1) is 14.0. The summed E-state index contributed by atoms with van der Waals surface area (Å²) >= 11 is 1.43. The molecule has 114 valence electrons. The van der Waals surface area contributed by atoms with Crippen molar-refractivity contribution in [3.63, 3.8) is 0 Å². The van der Waals surface area contributed by atoms with Gasteiger partial charge in [-0.15, -0.1) is 11.3 Å². The van der Waals surface area contributed by atoms with Crippen LogP contribution in [-0.4, -0.2) is 33.4 Å². The summed E-state index contributed by atoms with van der Waals surface area (Å²) in [6.07, 6.45) is 2.19. The number of aliphatic hydroxyl groups is 1. The average molecular weight is 322 g/mol. The summed E-state index contributed by atoms with van der Waals surface area (Å²) in [6, 6.07) is 9.75. The molecule has 2 N–H and O–H groups in total. The molecule has 0 bridgehead atoms. The van der Waals surface area contributed by atoms with E-state index >= 15 is 0 Å². The fraction of sp³-hybridized carbons (Fsp3) is 0.235. The zero-order valence-electron chi connectivity index (χ0n) is 12.3. The molecule has 0 amide bonds. The lowest BCUT2D eigenvalue weighted by atomic mass is 10.1. The zero-order chi connectivity index (χ0) is 16.0. The van der Waals surface area contributed by atoms with E-state index in [2.05, 4.69) is 11.1 Å². The molecule has 0 atom stereocenters. The minimum atomic E-state index is 0.239. The van der Waals surface area contributed by atoms with Gasteiger partial charge in [0.1, 0.15) is 16.6 Å². The first-order chi connectivity index (χ1) is 11.2. The standard InChI is InChI=1S/C17H14N4OS/c18-7-10-1-3-11(4-2-10)13-9-23-17(20-13)15-14(22)8-21(16(15)19)12-5-6-12/h1-4,9,12,19,22H,5-6,8H2. The van der Waals surface area contributed by atoms with Crippen LogP contribution in [0.1, 0.15) is 23.4 Å². The van der Waals surface area contributed by atoms with Gasteiger partial charge in [-0.1, -0.05) is 12.1 Å². The molecule has 1 aliphatic carbocycles. The van der Waals surface area contributed by atoms with Gasteiger partial charge in [0.05, 0.1) is 29.4 Å². The summed E-state index contributed by atoms with van der Waals surface area (Å²) in [5.41, 5.74) is 2.90. The molecule has 0 unspecified atom stereocenters. The Balaban J connectivity index is 1.63. The molecule has 4 rings (SSSR count). The number of thiazole rings is 1. The Morgan fingerprint density at radius 3 is 2.70 bits per heavy atom. The van der Waals surface area contributed by atoms with Crippen LogP contribution in [0.25, 0.3) is 16.8 Å². The molecule has 1 fully saturated rings. The molecule has 1 aliphatic heterocycles. The van der Waals surface area contributed by atoms with Crippen molar-refractivity contribution in [3.8, 4) is 17.3 Å². The molecule has 2 aliphatic rings. The smallest absolute Gasteiger partial charge is 0.135 e. The van der Waals surface area contributed by atoms with Gasteiger partial charge in [-0.05, 0) is 25.0 Å². The van der Waals surface area contributed by atoms with Crippen LogP contribution in [0.4, 0.5) is 0 Å². The number of nitriles is 1. The van der Waals surface area contributed by atoms with Crippen molar-refractivity contribution in [2.24, 2.45) is 0 Å². The van der Waals surface area contributed by atoms with Gasteiger partial charge in [-0.3, -0.25) is 5.41 Å². The summed E-state index contributed by atoms with van der Waals surface area (Å²) < 4.78 is 0. The molecule has 5 nitrogen and oxygen atoms in total. The monoisotopic (exact) mass is 322 g/mol. The second kappa shape index (κ2) is 5.21. The van der Waals surface area contributed by atoms with E-state index in [1.54, 1.807) is 12.1 Å². The highest BCUT2D eigenvalue weighted by atomic mass is 32.1. The van der Waals surface area contributed by atoms with Crippen LogP contribution < -0.4 is 0 Å². The number of nitrogens with one attached hydrogen (secondary N) is 1. The van der Waals surface area contributed by atoms with Crippen LogP contribution in [0.3, 0.4) is 0 Å². The number of hydrogen-bond donors (Lipinski definition) is 2. The number of hydrogen-bond acceptors (Lipinski definition) is 5. The molecule has 2 aromatic rings. The normalized spacial score (nSPS) is 17.7. The van der Waals surface area contributed by atoms with E-state index in [-0.39, 0.29) is 5.76 Å². The molecule has 1 aromatic heterocycles. The number of aromatic nitrogens is 1. The summed E-state index contributed by atoms with van der Waals surface area (Å²) in [6.45, 7) is 0.421. The number of amidine groups is 1. The van der Waals surface area contributed by atoms with Gasteiger partial charge in [0.15, 0.2) is 0 Å². The Kier molecular flexibility index (Phi) is 3.17. The van der Waals surface area contributed by atoms with Crippen molar-refractivity contribution in [2.75, 3.05) is 6.54 Å². The molecule has 1 saturated carbocycles. The van der Waals surface area contributed by atoms with E-state index in [1.165, 1.54) is 11.3 Å². The van der Waals surface area contributed by atoms with Crippen LogP contribution in [-0.2, 0) is 0 Å². The van der Waals surface area contributed by atoms with Gasteiger partial charge in [-0.2, -0.15) is 5.26 Å². The number of benzene rings is 1. The van der Waals surface area contributed by atoms with E-state index < -0.39 is 0 Å². The van der Waals surface area contributed by atoms with Crippen molar-refractivity contribution in [2.45, 2.75) is 18.9 Å². The van der Waals surface area contributed by atoms with Gasteiger partial charge in [-0.25, -0.2) is 4.98 Å². The average Bonchev–Trinajstić information content (AvgIpc) is 3.22. The maximum Gasteiger partial charge on any atom is 0.135 e. The zero-order valence-corrected chi connectivity index (χ0v) is 13.1. The fourth-order valence-electron chi connectivity index (χ4n) is 2.76. The molecule has 0 spiro atoms. The lowest BCUT2D eigenvalue weighted by molar-refractivity contribution is 0.345. The molecular formula is C17H14N4OS. The minimum Gasteiger partial charge on any atom is -0.510 e. The lowest BCUT2D eigenvalue weighted by Crippen LogP contribution is -2.28. The van der Waals surface area contributed by atoms with E-state index in [4.69, 9.17) is 10.7 Å². The van der Waals surface area contributed by atoms with E-state index in [9.17, 15) is 5.11 Å². The predicted octanol–water partition coefficient (Wildman–Crippen LogP) is 3.41. The van der Waals surface area contributed by atoms with Crippen LogP contribution in [0.2, 0.25) is 0 Å². The maximum atomic E-state index is 10.2. The molecule has 0 radical (unpaired) electrons. The molecular weight excluding hydrogens is 308 g/mol. The number of aliphatic hydroxyl groups excluding tert-OH is 1. The topological polar surface area (TPSA) is 84.0 Å². The highest BCUT2D eigenvalue weighted by Gasteiger charge is 2.39. The van der Waals surface area contributed by atoms with Gasteiger partial charge in [0.2, 0.25) is 0 Å². The van der Waals surface area contributed by atoms with Crippen molar-refractivity contribution in [1.29, 1.82) is 10.7 Å². The Labute approximate surface area is 137 Å². The SMILES string of the molecule is N#Cc1ccc(-c2csc(C3=C(O)CN(C4CC4)C3=N)n2)cc1. The van der Waals surface area contributed by atoms with Gasteiger partial charge >= 0.3 is 0 Å². The van der Waals surface area contributed by atoms with Gasteiger partial charge < -0.3 is 10.0 Å². The van der Waals surface area contributed by atoms with Crippen LogP contribution >= 0.6 is 11.3 Å². The quantitative estimate of drug-likeness (QED) is 0.907. The van der Waals surface area contributed by atoms with Crippen LogP contribution in [0, 0.1) is 16.7 Å². The van der Waals surface area contributed by atoms with Crippen molar-refractivity contribution in [3.05, 3.63) is 46.0 Å². The molecule has 23 heavy (non-hydrogen) atoms. The summed E-state index contributed by atoms with van der Waals surface area (Å²) in [5, 5.41) is 30.0. The Morgan fingerprint density at radius 2 is 2.04 bits per heavy atom. The second-order valence-corrected chi connectivity index (χ2v) is 6.61. The second-order valence-electron chi connectivity index (χ2n) is 5.76. The van der Waals surface area contributed by atoms with Crippen molar-refractivity contribution < 1.29 is 5.11 Å². The van der Waals surface area contributed by atoms with Crippen molar-refractivity contribution in [1.82, 2.24) is 9.88 Å². The van der Waals surface area contributed by atoms with Crippen LogP contribution in [0.5, 0.6) is 0 Å². The lowest BCUT2D eigenvalue weighted by Gasteiger charge is -2.16. The largest absolute Gasteiger partial charge is 0.510 e. The fourth-order valence-corrected chi connectivity index (χ4v) is 3.65. The van der Waals surface area contributed by atoms with Crippen molar-refractivity contribution >= 4 is 22.7 Å². The molecule has 6 heteroatoms. The van der Waals surface area contributed by atoms with E-state index in [0.717, 1.165) is 24.1 Å². The predicted molar refractivity (Wildman–Crippen MR) is 89.3 cm³/mol. The highest BCUT2D eigenvalue weighted by molar-refractivity contribution is 7.11. The van der Waals surface area contributed by atoms with Gasteiger partial charge in [0.25, 0.3) is 0 Å². The summed E-state index contributed by atoms with van der Waals surface area (Å²) in [7, 11) is 0. The molecule has 2 heterocycles. The first-order valence-corrected chi connectivity index (χ1v) is 8.29. The van der Waals surface area contributed by atoms with Gasteiger partial charge in [0, 0.05) is 17.0 Å². The van der Waals surface area contributed by atoms with E-state index in [0.29, 0.717) is 34.6 Å². The molecule has 0 saturated heterocycles. The van der Waals surface area contributed by atoms with E-state index in [1.807, 2.05) is 22.4 Å². The third-order valence-corrected chi connectivity index (χ3v) is 5.01. The Hall–Kier alpha value is -2.65. The Morgan fingerprint density at radius 1 is 1.30 bits per heavy atom. The maximum absolute atomic E-state index is 10.2. The first-order valence-electron chi connectivity index (χ1n) is 7.41. The number of rotatable bonds is 3. The third-order valence-electron chi connectivity index (χ3n) is 4.15. The third kappa shape index (κ3) is 2.39. The summed E-state index contributed by atoms with van der Waals surface area (Å²) in [5.74, 6) is 0.619.